The van der Waals surface area contributed by atoms with Gasteiger partial charge in [0, 0.05) is 11.3 Å². The Kier molecular flexibility index (Phi) is 3.13. The smallest absolute Gasteiger partial charge is 0.0897 e. The second-order valence-electron chi connectivity index (χ2n) is 3.83. The third-order valence-corrected chi connectivity index (χ3v) is 3.23. The molecule has 1 aromatic heterocycles. The van der Waals surface area contributed by atoms with Crippen LogP contribution in [0.3, 0.4) is 0 Å². The van der Waals surface area contributed by atoms with Crippen LogP contribution in [-0.2, 0) is 6.42 Å². The number of alkyl halides is 1. The van der Waals surface area contributed by atoms with Crippen molar-refractivity contribution in [1.29, 1.82) is 0 Å². The van der Waals surface area contributed by atoms with E-state index < -0.39 is 0 Å². The molecule has 3 heteroatoms. The topological polar surface area (TPSA) is 12.9 Å². The van der Waals surface area contributed by atoms with Crippen LogP contribution in [0.25, 0.3) is 0 Å². The van der Waals surface area contributed by atoms with Gasteiger partial charge in [0.25, 0.3) is 0 Å². The predicted octanol–water partition coefficient (Wildman–Crippen LogP) is 3.26. The minimum atomic E-state index is 0.169. The lowest BCUT2D eigenvalue weighted by Crippen LogP contribution is -2.16. The summed E-state index contributed by atoms with van der Waals surface area (Å²) in [5, 5.41) is 3.25. The standard InChI is InChI=1S/C9H14ClNS/c1-7-11-8(5-12-7)4-9(2,3)6-10/h5H,4,6H2,1-3H3. The van der Waals surface area contributed by atoms with Crippen LogP contribution in [0.5, 0.6) is 0 Å². The number of hydrogen-bond donors (Lipinski definition) is 0. The maximum Gasteiger partial charge on any atom is 0.0897 e. The van der Waals surface area contributed by atoms with Gasteiger partial charge in [-0.25, -0.2) is 4.98 Å². The summed E-state index contributed by atoms with van der Waals surface area (Å²) in [5.41, 5.74) is 1.34. The van der Waals surface area contributed by atoms with E-state index in [-0.39, 0.29) is 5.41 Å². The molecule has 0 saturated carbocycles. The van der Waals surface area contributed by atoms with E-state index in [9.17, 15) is 0 Å². The molecule has 0 aliphatic heterocycles. The van der Waals surface area contributed by atoms with Crippen molar-refractivity contribution in [3.63, 3.8) is 0 Å². The van der Waals surface area contributed by atoms with Gasteiger partial charge in [-0.2, -0.15) is 0 Å². The van der Waals surface area contributed by atoms with Gasteiger partial charge < -0.3 is 0 Å². The lowest BCUT2D eigenvalue weighted by Gasteiger charge is -2.19. The number of rotatable bonds is 3. The molecule has 0 N–H and O–H groups in total. The van der Waals surface area contributed by atoms with Gasteiger partial charge in [0.15, 0.2) is 0 Å². The predicted molar refractivity (Wildman–Crippen MR) is 55.1 cm³/mol. The second-order valence-corrected chi connectivity index (χ2v) is 5.16. The first-order valence-corrected chi connectivity index (χ1v) is 5.42. The average Bonchev–Trinajstić information content (AvgIpc) is 2.35. The molecule has 0 radical (unpaired) electrons. The quantitative estimate of drug-likeness (QED) is 0.688. The van der Waals surface area contributed by atoms with Crippen LogP contribution >= 0.6 is 22.9 Å². The van der Waals surface area contributed by atoms with Crippen molar-refractivity contribution >= 4 is 22.9 Å². The average molecular weight is 204 g/mol. The molecule has 0 aliphatic carbocycles. The molecule has 68 valence electrons. The Balaban J connectivity index is 2.63. The zero-order valence-electron chi connectivity index (χ0n) is 7.72. The van der Waals surface area contributed by atoms with Crippen LogP contribution in [-0.4, -0.2) is 10.9 Å². The van der Waals surface area contributed by atoms with Crippen LogP contribution in [0, 0.1) is 12.3 Å². The van der Waals surface area contributed by atoms with Crippen molar-refractivity contribution in [1.82, 2.24) is 4.98 Å². The SMILES string of the molecule is Cc1nc(CC(C)(C)CCl)cs1. The number of hydrogen-bond acceptors (Lipinski definition) is 2. The number of nitrogens with zero attached hydrogens (tertiary/aromatic N) is 1. The van der Waals surface area contributed by atoms with Gasteiger partial charge in [-0.15, -0.1) is 22.9 Å². The highest BCUT2D eigenvalue weighted by Crippen LogP contribution is 2.23. The molecule has 0 unspecified atom stereocenters. The van der Waals surface area contributed by atoms with Gasteiger partial charge in [0.2, 0.25) is 0 Å². The van der Waals surface area contributed by atoms with Crippen LogP contribution in [0.4, 0.5) is 0 Å². The Morgan fingerprint density at radius 2 is 2.25 bits per heavy atom. The first-order valence-electron chi connectivity index (χ1n) is 4.00. The first-order chi connectivity index (χ1) is 5.53. The molecular formula is C9H14ClNS. The van der Waals surface area contributed by atoms with E-state index in [1.807, 2.05) is 6.92 Å². The van der Waals surface area contributed by atoms with Gasteiger partial charge in [0.1, 0.15) is 0 Å². The fourth-order valence-corrected chi connectivity index (χ4v) is 1.73. The van der Waals surface area contributed by atoms with E-state index >= 15 is 0 Å². The molecule has 0 atom stereocenters. The fourth-order valence-electron chi connectivity index (χ4n) is 1.03. The summed E-state index contributed by atoms with van der Waals surface area (Å²) < 4.78 is 0. The molecule has 1 nitrogen and oxygen atoms in total. The lowest BCUT2D eigenvalue weighted by atomic mass is 9.91. The van der Waals surface area contributed by atoms with Gasteiger partial charge in [-0.3, -0.25) is 0 Å². The summed E-state index contributed by atoms with van der Waals surface area (Å²) in [6.45, 7) is 6.35. The highest BCUT2D eigenvalue weighted by molar-refractivity contribution is 7.09. The third-order valence-electron chi connectivity index (χ3n) is 1.69. The van der Waals surface area contributed by atoms with E-state index in [4.69, 9.17) is 11.6 Å². The van der Waals surface area contributed by atoms with Crippen molar-refractivity contribution in [3.8, 4) is 0 Å². The molecule has 0 amide bonds. The molecule has 0 aliphatic rings. The summed E-state index contributed by atoms with van der Waals surface area (Å²) in [4.78, 5) is 4.40. The number of thiazole rings is 1. The van der Waals surface area contributed by atoms with Crippen molar-refractivity contribution in [3.05, 3.63) is 16.1 Å². The van der Waals surface area contributed by atoms with Crippen molar-refractivity contribution in [2.45, 2.75) is 27.2 Å². The normalized spacial score (nSPS) is 12.0. The second kappa shape index (κ2) is 3.75. The number of aryl methyl sites for hydroxylation is 1. The Morgan fingerprint density at radius 1 is 1.58 bits per heavy atom. The highest BCUT2D eigenvalue weighted by atomic mass is 35.5. The number of aromatic nitrogens is 1. The molecule has 1 rings (SSSR count). The van der Waals surface area contributed by atoms with E-state index in [1.54, 1.807) is 11.3 Å². The molecule has 0 aromatic carbocycles. The summed E-state index contributed by atoms with van der Waals surface area (Å²) in [5.74, 6) is 0.684. The Morgan fingerprint density at radius 3 is 2.67 bits per heavy atom. The highest BCUT2D eigenvalue weighted by Gasteiger charge is 2.18. The molecular weight excluding hydrogens is 190 g/mol. The third kappa shape index (κ3) is 2.76. The zero-order chi connectivity index (χ0) is 9.19. The van der Waals surface area contributed by atoms with E-state index in [0.29, 0.717) is 5.88 Å². The van der Waals surface area contributed by atoms with Crippen LogP contribution < -0.4 is 0 Å². The van der Waals surface area contributed by atoms with Crippen LogP contribution in [0.2, 0.25) is 0 Å². The Labute approximate surface area is 82.8 Å². The van der Waals surface area contributed by atoms with Gasteiger partial charge >= 0.3 is 0 Å². The van der Waals surface area contributed by atoms with Crippen molar-refractivity contribution in [2.75, 3.05) is 5.88 Å². The summed E-state index contributed by atoms with van der Waals surface area (Å²) in [7, 11) is 0. The number of halogens is 1. The van der Waals surface area contributed by atoms with E-state index in [0.717, 1.165) is 11.4 Å². The Bertz CT molecular complexity index is 255. The summed E-state index contributed by atoms with van der Waals surface area (Å²) in [6.07, 6.45) is 0.973. The molecule has 0 saturated heterocycles. The van der Waals surface area contributed by atoms with Gasteiger partial charge in [-0.1, -0.05) is 13.8 Å². The maximum atomic E-state index is 5.83. The van der Waals surface area contributed by atoms with Crippen molar-refractivity contribution in [2.24, 2.45) is 5.41 Å². The summed E-state index contributed by atoms with van der Waals surface area (Å²) >= 11 is 7.53. The largest absolute Gasteiger partial charge is 0.247 e. The van der Waals surface area contributed by atoms with Crippen LogP contribution in [0.1, 0.15) is 24.5 Å². The molecule has 12 heavy (non-hydrogen) atoms. The Hall–Kier alpha value is -0.0800. The van der Waals surface area contributed by atoms with Crippen LogP contribution in [0.15, 0.2) is 5.38 Å². The molecule has 0 fully saturated rings. The monoisotopic (exact) mass is 203 g/mol. The molecule has 1 heterocycles. The molecule has 0 spiro atoms. The maximum absolute atomic E-state index is 5.83. The van der Waals surface area contributed by atoms with E-state index in [1.165, 1.54) is 5.69 Å². The summed E-state index contributed by atoms with van der Waals surface area (Å²) in [6, 6.07) is 0. The minimum Gasteiger partial charge on any atom is -0.247 e. The lowest BCUT2D eigenvalue weighted by molar-refractivity contribution is 0.414. The van der Waals surface area contributed by atoms with Gasteiger partial charge in [0.05, 0.1) is 10.7 Å². The molecule has 0 bridgehead atoms. The minimum absolute atomic E-state index is 0.169. The zero-order valence-corrected chi connectivity index (χ0v) is 9.30. The molecule has 1 aromatic rings. The van der Waals surface area contributed by atoms with Gasteiger partial charge in [-0.05, 0) is 18.8 Å². The fraction of sp³-hybridized carbons (Fsp3) is 0.667. The van der Waals surface area contributed by atoms with Crippen molar-refractivity contribution < 1.29 is 0 Å². The van der Waals surface area contributed by atoms with E-state index in [2.05, 4.69) is 24.2 Å². The first kappa shape index (κ1) is 10.0.